The van der Waals surface area contributed by atoms with Crippen molar-refractivity contribution in [1.29, 1.82) is 0 Å². The largest absolute Gasteiger partial charge is 0.470 e. The molecule has 4 N–H and O–H groups in total. The number of furan rings is 1. The molecule has 122 valence electrons. The third-order valence-corrected chi connectivity index (χ3v) is 3.35. The van der Waals surface area contributed by atoms with Crippen molar-refractivity contribution in [2.75, 3.05) is 23.8 Å². The molecule has 1 heterocycles. The minimum absolute atomic E-state index is 0.0481. The van der Waals surface area contributed by atoms with Gasteiger partial charge in [-0.3, -0.25) is 4.79 Å². The SMILES string of the molecule is NC(=O)OCCNc1cocc1C(=O)Nc1ccc(F)c(Br)c1. The van der Waals surface area contributed by atoms with Crippen LogP contribution in [-0.2, 0) is 4.74 Å². The summed E-state index contributed by atoms with van der Waals surface area (Å²) in [7, 11) is 0. The molecule has 0 unspecified atom stereocenters. The van der Waals surface area contributed by atoms with Gasteiger partial charge < -0.3 is 25.5 Å². The Kier molecular flexibility index (Phi) is 5.58. The number of benzene rings is 1. The Hall–Kier alpha value is -2.55. The van der Waals surface area contributed by atoms with Gasteiger partial charge in [-0.1, -0.05) is 0 Å². The van der Waals surface area contributed by atoms with E-state index >= 15 is 0 Å². The highest BCUT2D eigenvalue weighted by molar-refractivity contribution is 9.10. The van der Waals surface area contributed by atoms with Crippen molar-refractivity contribution < 1.29 is 23.1 Å². The van der Waals surface area contributed by atoms with Crippen LogP contribution in [-0.4, -0.2) is 25.2 Å². The van der Waals surface area contributed by atoms with Gasteiger partial charge >= 0.3 is 6.09 Å². The van der Waals surface area contributed by atoms with Crippen LogP contribution >= 0.6 is 15.9 Å². The molecule has 2 aromatic rings. The second-order valence-corrected chi connectivity index (χ2v) is 5.23. The summed E-state index contributed by atoms with van der Waals surface area (Å²) < 4.78 is 23.0. The number of nitrogens with one attached hydrogen (secondary N) is 2. The van der Waals surface area contributed by atoms with E-state index in [4.69, 9.17) is 10.2 Å². The summed E-state index contributed by atoms with van der Waals surface area (Å²) in [6.07, 6.45) is 1.74. The van der Waals surface area contributed by atoms with Gasteiger partial charge in [0, 0.05) is 12.2 Å². The summed E-state index contributed by atoms with van der Waals surface area (Å²) in [6, 6.07) is 4.11. The molecule has 0 aliphatic carbocycles. The molecule has 0 atom stereocenters. The van der Waals surface area contributed by atoms with Crippen molar-refractivity contribution in [3.63, 3.8) is 0 Å². The summed E-state index contributed by atoms with van der Waals surface area (Å²) in [4.78, 5) is 22.7. The van der Waals surface area contributed by atoms with Gasteiger partial charge in [0.1, 0.15) is 30.5 Å². The molecule has 1 aromatic carbocycles. The maximum absolute atomic E-state index is 13.2. The summed E-state index contributed by atoms with van der Waals surface area (Å²) in [6.45, 7) is 0.303. The number of halogens is 2. The van der Waals surface area contributed by atoms with Crippen molar-refractivity contribution in [3.8, 4) is 0 Å². The Balaban J connectivity index is 1.98. The number of ether oxygens (including phenoxy) is 1. The van der Waals surface area contributed by atoms with Gasteiger partial charge in [-0.05, 0) is 34.1 Å². The number of rotatable bonds is 6. The van der Waals surface area contributed by atoms with Crippen LogP contribution in [0.1, 0.15) is 10.4 Å². The first kappa shape index (κ1) is 16.8. The molecular formula is C14H13BrFN3O4. The Morgan fingerprint density at radius 3 is 2.83 bits per heavy atom. The maximum atomic E-state index is 13.2. The first-order valence-corrected chi connectivity index (χ1v) is 7.25. The van der Waals surface area contributed by atoms with E-state index in [9.17, 15) is 14.0 Å². The fraction of sp³-hybridized carbons (Fsp3) is 0.143. The number of primary amides is 1. The molecule has 2 rings (SSSR count). The molecule has 9 heteroatoms. The van der Waals surface area contributed by atoms with Crippen molar-refractivity contribution in [2.24, 2.45) is 5.73 Å². The molecule has 0 aliphatic heterocycles. The van der Waals surface area contributed by atoms with E-state index in [2.05, 4.69) is 31.3 Å². The number of hydrogen-bond acceptors (Lipinski definition) is 5. The highest BCUT2D eigenvalue weighted by Gasteiger charge is 2.14. The minimum Gasteiger partial charge on any atom is -0.470 e. The molecule has 0 bridgehead atoms. The van der Waals surface area contributed by atoms with Crippen LogP contribution in [0.4, 0.5) is 20.6 Å². The Morgan fingerprint density at radius 2 is 2.13 bits per heavy atom. The van der Waals surface area contributed by atoms with E-state index in [0.717, 1.165) is 0 Å². The predicted molar refractivity (Wildman–Crippen MR) is 84.8 cm³/mol. The molecule has 0 aliphatic rings. The lowest BCUT2D eigenvalue weighted by molar-refractivity contribution is 0.102. The number of carbonyl (C=O) groups is 2. The summed E-state index contributed by atoms with van der Waals surface area (Å²) in [5.74, 6) is -0.862. The molecule has 0 saturated carbocycles. The zero-order chi connectivity index (χ0) is 16.8. The zero-order valence-corrected chi connectivity index (χ0v) is 13.4. The Morgan fingerprint density at radius 1 is 1.35 bits per heavy atom. The van der Waals surface area contributed by atoms with Crippen LogP contribution in [0.5, 0.6) is 0 Å². The van der Waals surface area contributed by atoms with Crippen LogP contribution in [0.2, 0.25) is 0 Å². The van der Waals surface area contributed by atoms with E-state index in [1.807, 2.05) is 0 Å². The van der Waals surface area contributed by atoms with Crippen molar-refractivity contribution in [1.82, 2.24) is 0 Å². The van der Waals surface area contributed by atoms with Crippen LogP contribution in [0, 0.1) is 5.82 Å². The van der Waals surface area contributed by atoms with E-state index in [1.165, 1.54) is 30.7 Å². The first-order chi connectivity index (χ1) is 11.0. The molecule has 7 nitrogen and oxygen atoms in total. The average molecular weight is 386 g/mol. The standard InChI is InChI=1S/C14H13BrFN3O4/c15-10-5-8(1-2-11(10)16)19-13(20)9-6-22-7-12(9)18-3-4-23-14(17)21/h1-2,5-7,18H,3-4H2,(H2,17,21)(H,19,20). The molecule has 1 aromatic heterocycles. The first-order valence-electron chi connectivity index (χ1n) is 6.46. The van der Waals surface area contributed by atoms with E-state index in [-0.39, 0.29) is 23.2 Å². The smallest absolute Gasteiger partial charge is 0.404 e. The quantitative estimate of drug-likeness (QED) is 0.662. The van der Waals surface area contributed by atoms with Crippen molar-refractivity contribution in [2.45, 2.75) is 0 Å². The van der Waals surface area contributed by atoms with Crippen LogP contribution in [0.25, 0.3) is 0 Å². The Labute approximate surface area is 139 Å². The highest BCUT2D eigenvalue weighted by Crippen LogP contribution is 2.22. The zero-order valence-electron chi connectivity index (χ0n) is 11.8. The lowest BCUT2D eigenvalue weighted by atomic mass is 10.2. The molecule has 0 fully saturated rings. The second kappa shape index (κ2) is 7.63. The van der Waals surface area contributed by atoms with E-state index in [1.54, 1.807) is 0 Å². The van der Waals surface area contributed by atoms with Crippen molar-refractivity contribution >= 4 is 39.3 Å². The fourth-order valence-corrected chi connectivity index (χ4v) is 2.10. The van der Waals surface area contributed by atoms with Crippen LogP contribution < -0.4 is 16.4 Å². The van der Waals surface area contributed by atoms with Gasteiger partial charge in [-0.2, -0.15) is 0 Å². The molecule has 0 saturated heterocycles. The van der Waals surface area contributed by atoms with Crippen LogP contribution in [0.15, 0.2) is 39.6 Å². The van der Waals surface area contributed by atoms with Gasteiger partial charge in [0.05, 0.1) is 10.2 Å². The lowest BCUT2D eigenvalue weighted by Crippen LogP contribution is -2.19. The Bertz CT molecular complexity index is 720. The monoisotopic (exact) mass is 385 g/mol. The number of anilines is 2. The highest BCUT2D eigenvalue weighted by atomic mass is 79.9. The molecule has 23 heavy (non-hydrogen) atoms. The second-order valence-electron chi connectivity index (χ2n) is 4.38. The topological polar surface area (TPSA) is 107 Å². The molecule has 2 amide bonds. The van der Waals surface area contributed by atoms with Crippen molar-refractivity contribution in [3.05, 3.63) is 46.6 Å². The minimum atomic E-state index is -0.876. The number of hydrogen-bond donors (Lipinski definition) is 3. The normalized spacial score (nSPS) is 10.2. The van der Waals surface area contributed by atoms with E-state index in [0.29, 0.717) is 11.4 Å². The third kappa shape index (κ3) is 4.71. The van der Waals surface area contributed by atoms with Gasteiger partial charge in [-0.25, -0.2) is 9.18 Å². The van der Waals surface area contributed by atoms with Gasteiger partial charge in [0.15, 0.2) is 0 Å². The van der Waals surface area contributed by atoms with E-state index < -0.39 is 17.8 Å². The molecular weight excluding hydrogens is 373 g/mol. The average Bonchev–Trinajstić information content (AvgIpc) is 2.96. The number of carbonyl (C=O) groups excluding carboxylic acids is 2. The van der Waals surface area contributed by atoms with Crippen LogP contribution in [0.3, 0.4) is 0 Å². The number of nitrogens with two attached hydrogens (primary N) is 1. The molecule has 0 radical (unpaired) electrons. The molecule has 0 spiro atoms. The van der Waals surface area contributed by atoms with Gasteiger partial charge in [-0.15, -0.1) is 0 Å². The fourth-order valence-electron chi connectivity index (χ4n) is 1.72. The lowest BCUT2D eigenvalue weighted by Gasteiger charge is -2.08. The third-order valence-electron chi connectivity index (χ3n) is 2.75. The summed E-state index contributed by atoms with van der Waals surface area (Å²) in [5.41, 5.74) is 5.94. The predicted octanol–water partition coefficient (Wildman–Crippen LogP) is 2.94. The summed E-state index contributed by atoms with van der Waals surface area (Å²) in [5, 5.41) is 5.50. The van der Waals surface area contributed by atoms with Gasteiger partial charge in [0.25, 0.3) is 5.91 Å². The maximum Gasteiger partial charge on any atom is 0.404 e. The van der Waals surface area contributed by atoms with Gasteiger partial charge in [0.2, 0.25) is 0 Å². The number of amides is 2. The summed E-state index contributed by atoms with van der Waals surface area (Å²) >= 11 is 3.04.